The number of nitrogens with one attached hydrogen (secondary N) is 2. The Morgan fingerprint density at radius 1 is 1.19 bits per heavy atom. The van der Waals surface area contributed by atoms with E-state index in [2.05, 4.69) is 19.9 Å². The van der Waals surface area contributed by atoms with Crippen LogP contribution in [0.2, 0.25) is 0 Å². The van der Waals surface area contributed by atoms with Crippen molar-refractivity contribution in [2.75, 3.05) is 45.0 Å². The van der Waals surface area contributed by atoms with Gasteiger partial charge in [0.25, 0.3) is 0 Å². The molecule has 0 aromatic carbocycles. The number of rotatable bonds is 9. The minimum atomic E-state index is -3.15. The highest BCUT2D eigenvalue weighted by atomic mass is 32.2. The average Bonchev–Trinajstić information content (AvgIpc) is 2.99. The maximum absolute atomic E-state index is 11.9. The molecule has 2 N–H and O–H groups in total. The lowest BCUT2D eigenvalue weighted by atomic mass is 10.3. The summed E-state index contributed by atoms with van der Waals surface area (Å²) >= 11 is 0. The second kappa shape index (κ2) is 8.47. The number of hydrogen-bond donors (Lipinski definition) is 2. The maximum Gasteiger partial charge on any atom is 0.212 e. The van der Waals surface area contributed by atoms with Crippen LogP contribution < -0.4 is 10.0 Å². The molecule has 1 aromatic rings. The van der Waals surface area contributed by atoms with Gasteiger partial charge in [0, 0.05) is 58.2 Å². The molecule has 1 aromatic heterocycles. The van der Waals surface area contributed by atoms with E-state index in [1.165, 1.54) is 0 Å². The molecule has 2 rings (SSSR count). The Bertz CT molecular complexity index is 483. The first kappa shape index (κ1) is 16.4. The molecule has 0 radical (unpaired) electrons. The predicted molar refractivity (Wildman–Crippen MR) is 82.6 cm³/mol. The second-order valence-corrected chi connectivity index (χ2v) is 7.24. The number of unbranched alkanes of at least 4 members (excludes halogenated alkanes) is 1. The summed E-state index contributed by atoms with van der Waals surface area (Å²) in [6.07, 6.45) is 7.22. The molecule has 21 heavy (non-hydrogen) atoms. The van der Waals surface area contributed by atoms with Crippen LogP contribution in [0.1, 0.15) is 12.8 Å². The fraction of sp³-hybridized carbons (Fsp3) is 0.769. The first-order valence-electron chi connectivity index (χ1n) is 7.52. The summed E-state index contributed by atoms with van der Waals surface area (Å²) in [5.74, 6) is 0.189. The molecular formula is C13H25N5O2S. The molecule has 0 bridgehead atoms. The van der Waals surface area contributed by atoms with Crippen molar-refractivity contribution in [3.8, 4) is 0 Å². The molecule has 120 valence electrons. The van der Waals surface area contributed by atoms with Crippen molar-refractivity contribution in [2.24, 2.45) is 0 Å². The highest BCUT2D eigenvalue weighted by Gasteiger charge is 2.14. The largest absolute Gasteiger partial charge is 0.337 e. The Morgan fingerprint density at radius 2 is 2.00 bits per heavy atom. The topological polar surface area (TPSA) is 79.3 Å². The molecule has 8 heteroatoms. The van der Waals surface area contributed by atoms with Gasteiger partial charge >= 0.3 is 0 Å². The van der Waals surface area contributed by atoms with Gasteiger partial charge in [0.15, 0.2) is 0 Å². The van der Waals surface area contributed by atoms with E-state index < -0.39 is 10.0 Å². The average molecular weight is 315 g/mol. The maximum atomic E-state index is 11.9. The van der Waals surface area contributed by atoms with Crippen molar-refractivity contribution >= 4 is 10.0 Å². The molecule has 0 amide bonds. The molecule has 0 aliphatic carbocycles. The molecule has 2 heterocycles. The van der Waals surface area contributed by atoms with Crippen LogP contribution >= 0.6 is 0 Å². The quantitative estimate of drug-likeness (QED) is 0.600. The summed E-state index contributed by atoms with van der Waals surface area (Å²) in [5, 5.41) is 3.26. The summed E-state index contributed by atoms with van der Waals surface area (Å²) in [7, 11) is -3.15. The van der Waals surface area contributed by atoms with Gasteiger partial charge in [0.1, 0.15) is 0 Å². The van der Waals surface area contributed by atoms with Crippen molar-refractivity contribution in [3.05, 3.63) is 18.7 Å². The highest BCUT2D eigenvalue weighted by molar-refractivity contribution is 7.89. The monoisotopic (exact) mass is 315 g/mol. The highest BCUT2D eigenvalue weighted by Crippen LogP contribution is 1.97. The van der Waals surface area contributed by atoms with Crippen LogP contribution in [0.25, 0.3) is 0 Å². The Morgan fingerprint density at radius 3 is 2.71 bits per heavy atom. The molecule has 7 nitrogen and oxygen atoms in total. The van der Waals surface area contributed by atoms with Gasteiger partial charge in [-0.3, -0.25) is 4.90 Å². The Balaban J connectivity index is 1.55. The van der Waals surface area contributed by atoms with Gasteiger partial charge in [0.2, 0.25) is 10.0 Å². The van der Waals surface area contributed by atoms with E-state index in [-0.39, 0.29) is 5.75 Å². The number of imidazole rings is 1. The summed E-state index contributed by atoms with van der Waals surface area (Å²) in [4.78, 5) is 6.16. The summed E-state index contributed by atoms with van der Waals surface area (Å²) in [5.41, 5.74) is 0. The van der Waals surface area contributed by atoms with Gasteiger partial charge in [-0.1, -0.05) is 0 Å². The van der Waals surface area contributed by atoms with Gasteiger partial charge in [-0.05, 0) is 12.8 Å². The first-order valence-corrected chi connectivity index (χ1v) is 9.17. The van der Waals surface area contributed by atoms with Crippen molar-refractivity contribution in [2.45, 2.75) is 19.4 Å². The van der Waals surface area contributed by atoms with Gasteiger partial charge < -0.3 is 9.88 Å². The molecular weight excluding hydrogens is 290 g/mol. The number of nitrogens with zero attached hydrogens (tertiary/aromatic N) is 3. The zero-order chi connectivity index (χ0) is 15.0. The van der Waals surface area contributed by atoms with Crippen molar-refractivity contribution < 1.29 is 8.42 Å². The minimum absolute atomic E-state index is 0.189. The molecule has 1 saturated heterocycles. The fourth-order valence-corrected chi connectivity index (χ4v) is 3.42. The van der Waals surface area contributed by atoms with Gasteiger partial charge in [-0.15, -0.1) is 0 Å². The normalized spacial score (nSPS) is 17.1. The standard InChI is InChI=1S/C13H25N5O2S/c19-21(20,12-11-17-8-4-14-5-9-17)16-3-1-2-7-18-10-6-15-13-18/h6,10,13-14,16H,1-5,7-9,11-12H2. The summed E-state index contributed by atoms with van der Waals surface area (Å²) in [6.45, 7) is 5.76. The predicted octanol–water partition coefficient (Wildman–Crippen LogP) is -0.512. The van der Waals surface area contributed by atoms with Gasteiger partial charge in [0.05, 0.1) is 12.1 Å². The number of piperazine rings is 1. The van der Waals surface area contributed by atoms with Crippen molar-refractivity contribution in [1.82, 2.24) is 24.5 Å². The molecule has 0 saturated carbocycles. The Labute approximate surface area is 126 Å². The van der Waals surface area contributed by atoms with Crippen LogP contribution in [-0.2, 0) is 16.6 Å². The Kier molecular flexibility index (Phi) is 6.62. The van der Waals surface area contributed by atoms with Crippen LogP contribution in [0.4, 0.5) is 0 Å². The second-order valence-electron chi connectivity index (χ2n) is 5.31. The Hall–Kier alpha value is -0.960. The van der Waals surface area contributed by atoms with Crippen LogP contribution in [0.5, 0.6) is 0 Å². The van der Waals surface area contributed by atoms with Crippen LogP contribution in [0.3, 0.4) is 0 Å². The molecule has 1 aliphatic heterocycles. The third-order valence-electron chi connectivity index (χ3n) is 3.61. The van der Waals surface area contributed by atoms with E-state index in [1.54, 1.807) is 12.5 Å². The summed E-state index contributed by atoms with van der Waals surface area (Å²) < 4.78 is 28.5. The SMILES string of the molecule is O=S(=O)(CCN1CCNCC1)NCCCCn1ccnc1. The third kappa shape index (κ3) is 6.56. The fourth-order valence-electron chi connectivity index (χ4n) is 2.32. The lowest BCUT2D eigenvalue weighted by Crippen LogP contribution is -2.46. The first-order chi connectivity index (χ1) is 10.2. The van der Waals surface area contributed by atoms with Crippen molar-refractivity contribution in [1.29, 1.82) is 0 Å². The molecule has 1 aliphatic rings. The van der Waals surface area contributed by atoms with Gasteiger partial charge in [-0.2, -0.15) is 0 Å². The van der Waals surface area contributed by atoms with E-state index in [4.69, 9.17) is 0 Å². The molecule has 0 atom stereocenters. The molecule has 0 spiro atoms. The lowest BCUT2D eigenvalue weighted by molar-refractivity contribution is 0.253. The van der Waals surface area contributed by atoms with Crippen molar-refractivity contribution in [3.63, 3.8) is 0 Å². The van der Waals surface area contributed by atoms with Gasteiger partial charge in [-0.25, -0.2) is 18.1 Å². The number of sulfonamides is 1. The number of aromatic nitrogens is 2. The van der Waals surface area contributed by atoms with Crippen LogP contribution in [-0.4, -0.2) is 67.9 Å². The zero-order valence-corrected chi connectivity index (χ0v) is 13.2. The van der Waals surface area contributed by atoms with E-state index >= 15 is 0 Å². The van der Waals surface area contributed by atoms with E-state index in [9.17, 15) is 8.42 Å². The van der Waals surface area contributed by atoms with E-state index in [1.807, 2.05) is 10.8 Å². The third-order valence-corrected chi connectivity index (χ3v) is 4.97. The van der Waals surface area contributed by atoms with Crippen LogP contribution in [0, 0.1) is 0 Å². The summed E-state index contributed by atoms with van der Waals surface area (Å²) in [6, 6.07) is 0. The zero-order valence-electron chi connectivity index (χ0n) is 12.4. The number of hydrogen-bond acceptors (Lipinski definition) is 5. The molecule has 0 unspecified atom stereocenters. The van der Waals surface area contributed by atoms with Crippen LogP contribution in [0.15, 0.2) is 18.7 Å². The smallest absolute Gasteiger partial charge is 0.212 e. The van der Waals surface area contributed by atoms with E-state index in [0.717, 1.165) is 45.6 Å². The number of aryl methyl sites for hydroxylation is 1. The lowest BCUT2D eigenvalue weighted by Gasteiger charge is -2.26. The van der Waals surface area contributed by atoms with E-state index in [0.29, 0.717) is 13.1 Å². The minimum Gasteiger partial charge on any atom is -0.337 e. The molecule has 1 fully saturated rings.